The SMILES string of the molecule is Cc1nn(-c2ccccc2)c(C)c1-c1ccn[nH]1. The van der Waals surface area contributed by atoms with Gasteiger partial charge in [-0.3, -0.25) is 5.10 Å². The minimum Gasteiger partial charge on any atom is -0.278 e. The second-order valence-electron chi connectivity index (χ2n) is 4.26. The molecule has 1 aromatic carbocycles. The van der Waals surface area contributed by atoms with Crippen LogP contribution in [0.1, 0.15) is 11.4 Å². The van der Waals surface area contributed by atoms with Gasteiger partial charge in [0.15, 0.2) is 0 Å². The lowest BCUT2D eigenvalue weighted by Gasteiger charge is -2.04. The number of para-hydroxylation sites is 1. The molecule has 0 fully saturated rings. The summed E-state index contributed by atoms with van der Waals surface area (Å²) in [6.07, 6.45) is 1.76. The molecule has 4 heteroatoms. The molecule has 0 bridgehead atoms. The van der Waals surface area contributed by atoms with E-state index in [0.717, 1.165) is 28.3 Å². The molecule has 0 atom stereocenters. The zero-order valence-corrected chi connectivity index (χ0v) is 10.4. The van der Waals surface area contributed by atoms with Crippen LogP contribution in [0, 0.1) is 13.8 Å². The van der Waals surface area contributed by atoms with E-state index >= 15 is 0 Å². The number of nitrogens with one attached hydrogen (secondary N) is 1. The number of rotatable bonds is 2. The summed E-state index contributed by atoms with van der Waals surface area (Å²) >= 11 is 0. The maximum atomic E-state index is 4.61. The van der Waals surface area contributed by atoms with Gasteiger partial charge in [0.25, 0.3) is 0 Å². The van der Waals surface area contributed by atoms with Crippen molar-refractivity contribution in [3.05, 3.63) is 54.0 Å². The standard InChI is InChI=1S/C14H14N4/c1-10-14(13-8-9-15-16-13)11(2)18(17-10)12-6-4-3-5-7-12/h3-9H,1-2H3,(H,15,16). The van der Waals surface area contributed by atoms with Gasteiger partial charge < -0.3 is 0 Å². The molecule has 0 saturated carbocycles. The number of aromatic amines is 1. The fourth-order valence-electron chi connectivity index (χ4n) is 2.25. The Labute approximate surface area is 105 Å². The smallest absolute Gasteiger partial charge is 0.0694 e. The Bertz CT molecular complexity index is 651. The van der Waals surface area contributed by atoms with Gasteiger partial charge in [-0.05, 0) is 32.0 Å². The van der Waals surface area contributed by atoms with Gasteiger partial charge in [0.2, 0.25) is 0 Å². The van der Waals surface area contributed by atoms with E-state index in [0.29, 0.717) is 0 Å². The first kappa shape index (κ1) is 10.8. The third kappa shape index (κ3) is 1.62. The van der Waals surface area contributed by atoms with Crippen LogP contribution in [-0.4, -0.2) is 20.0 Å². The van der Waals surface area contributed by atoms with Crippen molar-refractivity contribution in [3.63, 3.8) is 0 Å². The molecule has 4 nitrogen and oxygen atoms in total. The summed E-state index contributed by atoms with van der Waals surface area (Å²) < 4.78 is 1.96. The first-order valence-electron chi connectivity index (χ1n) is 5.89. The molecule has 18 heavy (non-hydrogen) atoms. The van der Waals surface area contributed by atoms with Crippen LogP contribution in [0.15, 0.2) is 42.6 Å². The molecular weight excluding hydrogens is 224 g/mol. The molecule has 3 rings (SSSR count). The molecule has 0 spiro atoms. The van der Waals surface area contributed by atoms with Crippen LogP contribution in [0.4, 0.5) is 0 Å². The van der Waals surface area contributed by atoms with Gasteiger partial charge in [0.1, 0.15) is 0 Å². The number of hydrogen-bond donors (Lipinski definition) is 1. The van der Waals surface area contributed by atoms with E-state index in [-0.39, 0.29) is 0 Å². The Morgan fingerprint density at radius 2 is 1.83 bits per heavy atom. The second-order valence-corrected chi connectivity index (χ2v) is 4.26. The van der Waals surface area contributed by atoms with E-state index in [1.807, 2.05) is 35.9 Å². The van der Waals surface area contributed by atoms with Gasteiger partial charge in [-0.15, -0.1) is 0 Å². The molecule has 3 aromatic rings. The predicted octanol–water partition coefficient (Wildman–Crippen LogP) is 2.88. The van der Waals surface area contributed by atoms with Crippen LogP contribution >= 0.6 is 0 Å². The third-order valence-electron chi connectivity index (χ3n) is 3.06. The monoisotopic (exact) mass is 238 g/mol. The Balaban J connectivity index is 2.18. The van der Waals surface area contributed by atoms with Gasteiger partial charge in [-0.1, -0.05) is 18.2 Å². The van der Waals surface area contributed by atoms with Gasteiger partial charge in [0.05, 0.1) is 22.8 Å². The number of nitrogens with zero attached hydrogens (tertiary/aromatic N) is 3. The average Bonchev–Trinajstić information content (AvgIpc) is 2.99. The highest BCUT2D eigenvalue weighted by Gasteiger charge is 2.14. The number of H-pyrrole nitrogens is 1. The molecule has 90 valence electrons. The maximum Gasteiger partial charge on any atom is 0.0694 e. The van der Waals surface area contributed by atoms with E-state index in [4.69, 9.17) is 0 Å². The predicted molar refractivity (Wildman–Crippen MR) is 70.6 cm³/mol. The Morgan fingerprint density at radius 3 is 2.50 bits per heavy atom. The Kier molecular flexibility index (Phi) is 2.48. The lowest BCUT2D eigenvalue weighted by atomic mass is 10.1. The van der Waals surface area contributed by atoms with Crippen LogP contribution in [0.5, 0.6) is 0 Å². The third-order valence-corrected chi connectivity index (χ3v) is 3.06. The van der Waals surface area contributed by atoms with E-state index in [2.05, 4.69) is 34.4 Å². The number of aryl methyl sites for hydroxylation is 1. The summed E-state index contributed by atoms with van der Waals surface area (Å²) in [6, 6.07) is 12.1. The summed E-state index contributed by atoms with van der Waals surface area (Å²) in [6.45, 7) is 4.09. The van der Waals surface area contributed by atoms with Gasteiger partial charge in [-0.2, -0.15) is 10.2 Å². The first-order chi connectivity index (χ1) is 8.77. The molecule has 0 saturated heterocycles. The van der Waals surface area contributed by atoms with Crippen molar-refractivity contribution < 1.29 is 0 Å². The van der Waals surface area contributed by atoms with E-state index in [1.54, 1.807) is 6.20 Å². The van der Waals surface area contributed by atoms with Crippen LogP contribution in [0.25, 0.3) is 16.9 Å². The normalized spacial score (nSPS) is 10.8. The van der Waals surface area contributed by atoms with E-state index in [9.17, 15) is 0 Å². The van der Waals surface area contributed by atoms with Gasteiger partial charge in [-0.25, -0.2) is 4.68 Å². The summed E-state index contributed by atoms with van der Waals surface area (Å²) in [5.41, 5.74) is 5.32. The van der Waals surface area contributed by atoms with E-state index < -0.39 is 0 Å². The van der Waals surface area contributed by atoms with Crippen molar-refractivity contribution in [3.8, 4) is 16.9 Å². The molecule has 2 heterocycles. The number of benzene rings is 1. The highest BCUT2D eigenvalue weighted by Crippen LogP contribution is 2.26. The Hall–Kier alpha value is -2.36. The van der Waals surface area contributed by atoms with Crippen molar-refractivity contribution in [2.24, 2.45) is 0 Å². The maximum absolute atomic E-state index is 4.61. The fraction of sp³-hybridized carbons (Fsp3) is 0.143. The Morgan fingerprint density at radius 1 is 1.06 bits per heavy atom. The van der Waals surface area contributed by atoms with Crippen LogP contribution in [0.2, 0.25) is 0 Å². The molecule has 0 amide bonds. The minimum absolute atomic E-state index is 1.00. The summed E-state index contributed by atoms with van der Waals surface area (Å²) in [5.74, 6) is 0. The molecular formula is C14H14N4. The lowest BCUT2D eigenvalue weighted by molar-refractivity contribution is 0.834. The number of aromatic nitrogens is 4. The molecule has 0 radical (unpaired) electrons. The van der Waals surface area contributed by atoms with Crippen LogP contribution < -0.4 is 0 Å². The van der Waals surface area contributed by atoms with Crippen LogP contribution in [0.3, 0.4) is 0 Å². The number of hydrogen-bond acceptors (Lipinski definition) is 2. The molecule has 1 N–H and O–H groups in total. The second kappa shape index (κ2) is 4.14. The van der Waals surface area contributed by atoms with Crippen molar-refractivity contribution in [2.45, 2.75) is 13.8 Å². The molecule has 0 aliphatic heterocycles. The van der Waals surface area contributed by atoms with Crippen LogP contribution in [-0.2, 0) is 0 Å². The van der Waals surface area contributed by atoms with Gasteiger partial charge >= 0.3 is 0 Å². The molecule has 2 aromatic heterocycles. The summed E-state index contributed by atoms with van der Waals surface area (Å²) in [4.78, 5) is 0. The summed E-state index contributed by atoms with van der Waals surface area (Å²) in [7, 11) is 0. The lowest BCUT2D eigenvalue weighted by Crippen LogP contribution is -1.98. The van der Waals surface area contributed by atoms with Crippen molar-refractivity contribution in [1.82, 2.24) is 20.0 Å². The van der Waals surface area contributed by atoms with Crippen molar-refractivity contribution in [1.29, 1.82) is 0 Å². The highest BCUT2D eigenvalue weighted by molar-refractivity contribution is 5.65. The highest BCUT2D eigenvalue weighted by atomic mass is 15.3. The fourth-order valence-corrected chi connectivity index (χ4v) is 2.25. The van der Waals surface area contributed by atoms with Crippen molar-refractivity contribution >= 4 is 0 Å². The molecule has 0 unspecified atom stereocenters. The minimum atomic E-state index is 1.00. The summed E-state index contributed by atoms with van der Waals surface area (Å²) in [5, 5.41) is 11.6. The zero-order chi connectivity index (χ0) is 12.5. The van der Waals surface area contributed by atoms with Gasteiger partial charge in [0, 0.05) is 11.8 Å². The first-order valence-corrected chi connectivity index (χ1v) is 5.89. The topological polar surface area (TPSA) is 46.5 Å². The van der Waals surface area contributed by atoms with E-state index in [1.165, 1.54) is 0 Å². The molecule has 0 aliphatic rings. The largest absolute Gasteiger partial charge is 0.278 e. The quantitative estimate of drug-likeness (QED) is 0.746. The molecule has 0 aliphatic carbocycles. The van der Waals surface area contributed by atoms with Crippen molar-refractivity contribution in [2.75, 3.05) is 0 Å². The zero-order valence-electron chi connectivity index (χ0n) is 10.4. The average molecular weight is 238 g/mol.